The number of carbonyl (C=O) groups is 1. The number of aryl methyl sites for hydroxylation is 1. The van der Waals surface area contributed by atoms with E-state index in [1.54, 1.807) is 25.3 Å². The first-order valence-corrected chi connectivity index (χ1v) is 9.45. The molecule has 5 heteroatoms. The standard InChI is InChI=1S/C24H25NO4/c1-16-5-7-17(8-6-16)22(26)10-9-19-14-20-13-18(11-12-28-4)21(25(2)3)15-23(20)29-24(19)27/h5-10,13-15H,11-12H2,1-4H3/b10-9+. The third-order valence-corrected chi connectivity index (χ3v) is 4.77. The van der Waals surface area contributed by atoms with Crippen LogP contribution in [0.25, 0.3) is 17.0 Å². The van der Waals surface area contributed by atoms with Gasteiger partial charge in [-0.05, 0) is 43.2 Å². The van der Waals surface area contributed by atoms with E-state index in [9.17, 15) is 9.59 Å². The van der Waals surface area contributed by atoms with E-state index in [-0.39, 0.29) is 5.78 Å². The zero-order valence-corrected chi connectivity index (χ0v) is 17.2. The number of ether oxygens (including phenoxy) is 1. The summed E-state index contributed by atoms with van der Waals surface area (Å²) in [5, 5.41) is 0.809. The molecule has 0 saturated heterocycles. The van der Waals surface area contributed by atoms with Gasteiger partial charge >= 0.3 is 5.63 Å². The van der Waals surface area contributed by atoms with Crippen molar-refractivity contribution in [1.29, 1.82) is 0 Å². The zero-order valence-electron chi connectivity index (χ0n) is 17.2. The van der Waals surface area contributed by atoms with Crippen molar-refractivity contribution >= 4 is 28.5 Å². The maximum atomic E-state index is 12.4. The van der Waals surface area contributed by atoms with Gasteiger partial charge in [0.05, 0.1) is 12.2 Å². The highest BCUT2D eigenvalue weighted by atomic mass is 16.5. The lowest BCUT2D eigenvalue weighted by Crippen LogP contribution is -2.13. The minimum Gasteiger partial charge on any atom is -0.422 e. The summed E-state index contributed by atoms with van der Waals surface area (Å²) in [6, 6.07) is 12.9. The number of carbonyl (C=O) groups excluding carboxylic acids is 1. The Balaban J connectivity index is 1.97. The van der Waals surface area contributed by atoms with Gasteiger partial charge in [-0.1, -0.05) is 29.8 Å². The molecule has 2 aromatic carbocycles. The highest BCUT2D eigenvalue weighted by Gasteiger charge is 2.11. The number of ketones is 1. The molecule has 1 heterocycles. The number of rotatable bonds is 7. The molecule has 0 N–H and O–H groups in total. The van der Waals surface area contributed by atoms with E-state index in [0.717, 1.165) is 28.6 Å². The lowest BCUT2D eigenvalue weighted by molar-refractivity contribution is 0.104. The molecule has 0 unspecified atom stereocenters. The number of benzene rings is 2. The number of allylic oxidation sites excluding steroid dienone is 1. The van der Waals surface area contributed by atoms with Crippen LogP contribution in [-0.2, 0) is 11.2 Å². The number of methoxy groups -OCH3 is 1. The SMILES string of the molecule is COCCc1cc2cc(/C=C/C(=O)c3ccc(C)cc3)c(=O)oc2cc1N(C)C. The van der Waals surface area contributed by atoms with E-state index in [0.29, 0.717) is 23.3 Å². The molecule has 0 aliphatic heterocycles. The maximum absolute atomic E-state index is 12.4. The fourth-order valence-electron chi connectivity index (χ4n) is 3.14. The molecule has 0 spiro atoms. The third-order valence-electron chi connectivity index (χ3n) is 4.77. The first-order valence-electron chi connectivity index (χ1n) is 9.45. The second kappa shape index (κ2) is 8.88. The predicted octanol–water partition coefficient (Wildman–Crippen LogP) is 4.25. The minimum absolute atomic E-state index is 0.159. The molecule has 0 bridgehead atoms. The first kappa shape index (κ1) is 20.6. The van der Waals surface area contributed by atoms with Gasteiger partial charge in [0.15, 0.2) is 5.78 Å². The Labute approximate surface area is 170 Å². The van der Waals surface area contributed by atoms with Crippen LogP contribution in [0.4, 0.5) is 5.69 Å². The molecule has 0 amide bonds. The average Bonchev–Trinajstić information content (AvgIpc) is 2.70. The number of anilines is 1. The summed E-state index contributed by atoms with van der Waals surface area (Å²) in [5.74, 6) is -0.159. The van der Waals surface area contributed by atoms with Gasteiger partial charge in [-0.25, -0.2) is 4.79 Å². The van der Waals surface area contributed by atoms with Crippen LogP contribution in [0.2, 0.25) is 0 Å². The van der Waals surface area contributed by atoms with Crippen molar-refractivity contribution in [3.05, 3.63) is 81.2 Å². The van der Waals surface area contributed by atoms with Crippen LogP contribution in [0.15, 0.2) is 57.8 Å². The molecule has 0 atom stereocenters. The van der Waals surface area contributed by atoms with Crippen LogP contribution in [0.5, 0.6) is 0 Å². The molecule has 0 aliphatic rings. The van der Waals surface area contributed by atoms with Crippen molar-refractivity contribution in [2.45, 2.75) is 13.3 Å². The summed E-state index contributed by atoms with van der Waals surface area (Å²) in [4.78, 5) is 26.7. The molecule has 150 valence electrons. The quantitative estimate of drug-likeness (QED) is 0.342. The van der Waals surface area contributed by atoms with Gasteiger partial charge in [0, 0.05) is 43.9 Å². The summed E-state index contributed by atoms with van der Waals surface area (Å²) in [5.41, 5.74) is 4.13. The Morgan fingerprint density at radius 2 is 1.86 bits per heavy atom. The van der Waals surface area contributed by atoms with E-state index in [2.05, 4.69) is 0 Å². The van der Waals surface area contributed by atoms with Gasteiger partial charge in [0.25, 0.3) is 0 Å². The predicted molar refractivity (Wildman–Crippen MR) is 117 cm³/mol. The lowest BCUT2D eigenvalue weighted by atomic mass is 10.0. The first-order chi connectivity index (χ1) is 13.9. The van der Waals surface area contributed by atoms with E-state index in [4.69, 9.17) is 9.15 Å². The topological polar surface area (TPSA) is 59.8 Å². The van der Waals surface area contributed by atoms with Crippen molar-refractivity contribution in [3.8, 4) is 0 Å². The molecule has 0 fully saturated rings. The van der Waals surface area contributed by atoms with Crippen LogP contribution >= 0.6 is 0 Å². The van der Waals surface area contributed by atoms with Crippen LogP contribution in [-0.4, -0.2) is 33.6 Å². The molecule has 29 heavy (non-hydrogen) atoms. The highest BCUT2D eigenvalue weighted by molar-refractivity contribution is 6.06. The Bertz CT molecular complexity index is 1110. The number of hydrogen-bond donors (Lipinski definition) is 0. The average molecular weight is 391 g/mol. The molecular formula is C24H25NO4. The number of hydrogen-bond acceptors (Lipinski definition) is 5. The van der Waals surface area contributed by atoms with Crippen LogP contribution in [0, 0.1) is 6.92 Å². The van der Waals surface area contributed by atoms with Crippen molar-refractivity contribution in [2.24, 2.45) is 0 Å². The van der Waals surface area contributed by atoms with E-state index < -0.39 is 5.63 Å². The molecule has 0 radical (unpaired) electrons. The second-order valence-electron chi connectivity index (χ2n) is 7.21. The molecule has 1 aromatic heterocycles. The van der Waals surface area contributed by atoms with E-state index in [1.165, 1.54) is 12.2 Å². The monoisotopic (exact) mass is 391 g/mol. The normalized spacial score (nSPS) is 11.3. The Hall–Kier alpha value is -3.18. The van der Waals surface area contributed by atoms with E-state index in [1.807, 2.05) is 50.2 Å². The Kier molecular flexibility index (Phi) is 6.29. The fraction of sp³-hybridized carbons (Fsp3) is 0.250. The molecule has 0 aliphatic carbocycles. The number of fused-ring (bicyclic) bond motifs is 1. The summed E-state index contributed by atoms with van der Waals surface area (Å²) in [6.07, 6.45) is 3.67. The molecule has 3 aromatic rings. The largest absolute Gasteiger partial charge is 0.422 e. The molecule has 5 nitrogen and oxygen atoms in total. The molecule has 3 rings (SSSR count). The van der Waals surface area contributed by atoms with Gasteiger partial charge < -0.3 is 14.1 Å². The maximum Gasteiger partial charge on any atom is 0.343 e. The smallest absolute Gasteiger partial charge is 0.343 e. The highest BCUT2D eigenvalue weighted by Crippen LogP contribution is 2.26. The van der Waals surface area contributed by atoms with Gasteiger partial charge in [-0.2, -0.15) is 0 Å². The second-order valence-corrected chi connectivity index (χ2v) is 7.21. The van der Waals surface area contributed by atoms with Crippen molar-refractivity contribution in [3.63, 3.8) is 0 Å². The summed E-state index contributed by atoms with van der Waals surface area (Å²) < 4.78 is 10.7. The van der Waals surface area contributed by atoms with E-state index >= 15 is 0 Å². The summed E-state index contributed by atoms with van der Waals surface area (Å²) >= 11 is 0. The van der Waals surface area contributed by atoms with Gasteiger partial charge in [0.1, 0.15) is 5.58 Å². The minimum atomic E-state index is -0.472. The summed E-state index contributed by atoms with van der Waals surface area (Å²) in [7, 11) is 5.57. The fourth-order valence-corrected chi connectivity index (χ4v) is 3.14. The van der Waals surface area contributed by atoms with Crippen molar-refractivity contribution < 1.29 is 13.9 Å². The third kappa shape index (κ3) is 4.81. The van der Waals surface area contributed by atoms with Crippen LogP contribution in [0.1, 0.15) is 27.0 Å². The van der Waals surface area contributed by atoms with Gasteiger partial charge in [-0.15, -0.1) is 0 Å². The Morgan fingerprint density at radius 1 is 1.14 bits per heavy atom. The molecular weight excluding hydrogens is 366 g/mol. The van der Waals surface area contributed by atoms with Gasteiger partial charge in [-0.3, -0.25) is 4.79 Å². The Morgan fingerprint density at radius 3 is 2.52 bits per heavy atom. The lowest BCUT2D eigenvalue weighted by Gasteiger charge is -2.18. The number of nitrogens with zero attached hydrogens (tertiary/aromatic N) is 1. The molecule has 0 saturated carbocycles. The zero-order chi connectivity index (χ0) is 21.0. The summed E-state index contributed by atoms with van der Waals surface area (Å²) in [6.45, 7) is 2.56. The van der Waals surface area contributed by atoms with Gasteiger partial charge in [0.2, 0.25) is 0 Å². The van der Waals surface area contributed by atoms with Crippen molar-refractivity contribution in [1.82, 2.24) is 0 Å². The van der Waals surface area contributed by atoms with Crippen molar-refractivity contribution in [2.75, 3.05) is 32.7 Å². The van der Waals surface area contributed by atoms with Crippen LogP contribution < -0.4 is 10.5 Å². The van der Waals surface area contributed by atoms with Crippen LogP contribution in [0.3, 0.4) is 0 Å².